The largest absolute Gasteiger partial charge is 0.351 e. The van der Waals surface area contributed by atoms with Crippen molar-refractivity contribution in [3.05, 3.63) is 59.7 Å². The van der Waals surface area contributed by atoms with Crippen LogP contribution in [-0.4, -0.2) is 18.5 Å². The van der Waals surface area contributed by atoms with Crippen molar-refractivity contribution >= 4 is 23.3 Å². The van der Waals surface area contributed by atoms with Crippen molar-refractivity contribution in [1.29, 1.82) is 0 Å². The van der Waals surface area contributed by atoms with Crippen LogP contribution >= 0.6 is 0 Å². The van der Waals surface area contributed by atoms with E-state index in [1.54, 1.807) is 0 Å². The normalized spacial score (nSPS) is 14.5. The first-order valence-corrected chi connectivity index (χ1v) is 8.60. The maximum absolute atomic E-state index is 13.0. The molecule has 3 N–H and O–H groups in total. The molecule has 1 aliphatic heterocycles. The predicted molar refractivity (Wildman–Crippen MR) is 99.6 cm³/mol. The van der Waals surface area contributed by atoms with E-state index in [0.717, 1.165) is 29.7 Å². The van der Waals surface area contributed by atoms with Crippen LogP contribution in [0.2, 0.25) is 0 Å². The molecule has 0 saturated heterocycles. The monoisotopic (exact) mass is 337 g/mol. The van der Waals surface area contributed by atoms with E-state index in [9.17, 15) is 9.59 Å². The predicted octanol–water partition coefficient (Wildman–Crippen LogP) is 3.34. The van der Waals surface area contributed by atoms with E-state index in [0.29, 0.717) is 18.7 Å². The van der Waals surface area contributed by atoms with Gasteiger partial charge in [-0.3, -0.25) is 4.79 Å². The Balaban J connectivity index is 1.82. The molecule has 2 aromatic rings. The second-order valence-corrected chi connectivity index (χ2v) is 6.48. The van der Waals surface area contributed by atoms with Crippen molar-refractivity contribution in [2.75, 3.05) is 16.8 Å². The quantitative estimate of drug-likeness (QED) is 0.898. The summed E-state index contributed by atoms with van der Waals surface area (Å²) >= 11 is 0. The Morgan fingerprint density at radius 3 is 2.64 bits per heavy atom. The molecule has 3 rings (SSSR count). The Hall–Kier alpha value is -2.82. The standard InChI is InChI=1S/C20H23N3O2/c1-14(13-15-7-3-2-4-8-15)19(24)23-12-6-9-16-17(22-20(21)25)10-5-11-18(16)23/h2-5,7-8,10-11,14H,6,9,12-13H2,1H3,(H3,21,22,25)/t14-/m0/s1. The molecule has 1 aliphatic rings. The minimum Gasteiger partial charge on any atom is -0.351 e. The number of nitrogens with two attached hydrogens (primary N) is 1. The number of anilines is 2. The lowest BCUT2D eigenvalue weighted by Crippen LogP contribution is -2.39. The number of carbonyl (C=O) groups excluding carboxylic acids is 2. The minimum absolute atomic E-state index is 0.110. The van der Waals surface area contributed by atoms with Crippen molar-refractivity contribution in [3.63, 3.8) is 0 Å². The number of benzene rings is 2. The van der Waals surface area contributed by atoms with Gasteiger partial charge in [-0.25, -0.2) is 4.79 Å². The van der Waals surface area contributed by atoms with E-state index in [1.807, 2.05) is 60.4 Å². The number of urea groups is 1. The lowest BCUT2D eigenvalue weighted by molar-refractivity contribution is -0.122. The molecule has 0 unspecified atom stereocenters. The van der Waals surface area contributed by atoms with E-state index in [2.05, 4.69) is 5.32 Å². The molecule has 25 heavy (non-hydrogen) atoms. The molecular weight excluding hydrogens is 314 g/mol. The van der Waals surface area contributed by atoms with Gasteiger partial charge in [-0.05, 0) is 42.5 Å². The number of hydrogen-bond acceptors (Lipinski definition) is 2. The van der Waals surface area contributed by atoms with Crippen molar-refractivity contribution in [2.24, 2.45) is 11.7 Å². The van der Waals surface area contributed by atoms with Crippen LogP contribution in [0, 0.1) is 5.92 Å². The maximum atomic E-state index is 13.0. The molecule has 1 atom stereocenters. The first-order valence-electron chi connectivity index (χ1n) is 8.60. The molecule has 5 heteroatoms. The minimum atomic E-state index is -0.589. The van der Waals surface area contributed by atoms with Gasteiger partial charge in [-0.1, -0.05) is 43.3 Å². The number of fused-ring (bicyclic) bond motifs is 1. The third kappa shape index (κ3) is 3.82. The molecule has 5 nitrogen and oxygen atoms in total. The summed E-state index contributed by atoms with van der Waals surface area (Å²) in [6, 6.07) is 15.1. The molecule has 1 heterocycles. The zero-order chi connectivity index (χ0) is 17.8. The third-order valence-corrected chi connectivity index (χ3v) is 4.58. The number of nitrogens with zero attached hydrogens (tertiary/aromatic N) is 1. The first kappa shape index (κ1) is 17.0. The Morgan fingerprint density at radius 1 is 1.16 bits per heavy atom. The molecule has 0 saturated carbocycles. The smallest absolute Gasteiger partial charge is 0.316 e. The number of hydrogen-bond donors (Lipinski definition) is 2. The number of primary amides is 1. The Labute approximate surface area is 147 Å². The molecule has 0 bridgehead atoms. The third-order valence-electron chi connectivity index (χ3n) is 4.58. The van der Waals surface area contributed by atoms with Crippen LogP contribution in [0.25, 0.3) is 0 Å². The number of rotatable bonds is 4. The van der Waals surface area contributed by atoms with Crippen molar-refractivity contribution in [3.8, 4) is 0 Å². The fraction of sp³-hybridized carbons (Fsp3) is 0.300. The van der Waals surface area contributed by atoms with Gasteiger partial charge in [0.25, 0.3) is 0 Å². The highest BCUT2D eigenvalue weighted by Crippen LogP contribution is 2.33. The van der Waals surface area contributed by atoms with Gasteiger partial charge in [0, 0.05) is 23.8 Å². The molecule has 0 fully saturated rings. The lowest BCUT2D eigenvalue weighted by atomic mass is 9.95. The Bertz CT molecular complexity index is 774. The average Bonchev–Trinajstić information content (AvgIpc) is 2.61. The Morgan fingerprint density at radius 2 is 1.92 bits per heavy atom. The van der Waals surface area contributed by atoms with Crippen molar-refractivity contribution in [1.82, 2.24) is 0 Å². The van der Waals surface area contributed by atoms with E-state index in [4.69, 9.17) is 5.73 Å². The summed E-state index contributed by atoms with van der Waals surface area (Å²) in [5, 5.41) is 2.66. The van der Waals surface area contributed by atoms with Gasteiger partial charge in [0.1, 0.15) is 0 Å². The highest BCUT2D eigenvalue weighted by Gasteiger charge is 2.27. The number of nitrogens with one attached hydrogen (secondary N) is 1. The van der Waals surface area contributed by atoms with Crippen LogP contribution in [-0.2, 0) is 17.6 Å². The second kappa shape index (κ2) is 7.38. The van der Waals surface area contributed by atoms with Crippen LogP contribution in [0.5, 0.6) is 0 Å². The van der Waals surface area contributed by atoms with Crippen molar-refractivity contribution < 1.29 is 9.59 Å². The van der Waals surface area contributed by atoms with Gasteiger partial charge in [0.15, 0.2) is 0 Å². The highest BCUT2D eigenvalue weighted by molar-refractivity contribution is 5.98. The summed E-state index contributed by atoms with van der Waals surface area (Å²) in [6.45, 7) is 2.67. The second-order valence-electron chi connectivity index (χ2n) is 6.48. The van der Waals surface area contributed by atoms with Gasteiger partial charge in [0.2, 0.25) is 5.91 Å². The summed E-state index contributed by atoms with van der Waals surface area (Å²) in [4.78, 5) is 26.1. The maximum Gasteiger partial charge on any atom is 0.316 e. The number of carbonyl (C=O) groups is 2. The van der Waals surface area contributed by atoms with Crippen LogP contribution < -0.4 is 16.0 Å². The highest BCUT2D eigenvalue weighted by atomic mass is 16.2. The van der Waals surface area contributed by atoms with E-state index in [1.165, 1.54) is 0 Å². The number of amides is 3. The molecule has 0 radical (unpaired) electrons. The van der Waals surface area contributed by atoms with Gasteiger partial charge in [0.05, 0.1) is 0 Å². The molecule has 2 aromatic carbocycles. The van der Waals surface area contributed by atoms with E-state index >= 15 is 0 Å². The lowest BCUT2D eigenvalue weighted by Gasteiger charge is -2.32. The molecule has 130 valence electrons. The zero-order valence-electron chi connectivity index (χ0n) is 14.4. The molecule has 3 amide bonds. The van der Waals surface area contributed by atoms with E-state index < -0.39 is 6.03 Å². The topological polar surface area (TPSA) is 75.4 Å². The zero-order valence-corrected chi connectivity index (χ0v) is 14.4. The molecule has 0 aromatic heterocycles. The average molecular weight is 337 g/mol. The Kier molecular flexibility index (Phi) is 5.03. The van der Waals surface area contributed by atoms with Gasteiger partial charge in [-0.15, -0.1) is 0 Å². The van der Waals surface area contributed by atoms with Crippen molar-refractivity contribution in [2.45, 2.75) is 26.2 Å². The first-order chi connectivity index (χ1) is 12.1. The van der Waals surface area contributed by atoms with Crippen LogP contribution in [0.15, 0.2) is 48.5 Å². The fourth-order valence-corrected chi connectivity index (χ4v) is 3.42. The molecular formula is C20H23N3O2. The van der Waals surface area contributed by atoms with Crippen LogP contribution in [0.1, 0.15) is 24.5 Å². The van der Waals surface area contributed by atoms with Gasteiger partial charge < -0.3 is 16.0 Å². The molecule has 0 aliphatic carbocycles. The summed E-state index contributed by atoms with van der Waals surface area (Å²) in [7, 11) is 0. The van der Waals surface area contributed by atoms with E-state index in [-0.39, 0.29) is 11.8 Å². The fourth-order valence-electron chi connectivity index (χ4n) is 3.42. The van der Waals surface area contributed by atoms with Crippen LogP contribution in [0.4, 0.5) is 16.2 Å². The van der Waals surface area contributed by atoms with Gasteiger partial charge in [-0.2, -0.15) is 0 Å². The summed E-state index contributed by atoms with van der Waals surface area (Å²) in [5.74, 6) is 0.00198. The summed E-state index contributed by atoms with van der Waals surface area (Å²) < 4.78 is 0. The van der Waals surface area contributed by atoms with Gasteiger partial charge >= 0.3 is 6.03 Å². The molecule has 0 spiro atoms. The summed E-state index contributed by atoms with van der Waals surface area (Å²) in [6.07, 6.45) is 2.40. The SMILES string of the molecule is C[C@@H](Cc1ccccc1)C(=O)N1CCCc2c(NC(N)=O)cccc21. The summed E-state index contributed by atoms with van der Waals surface area (Å²) in [5.41, 5.74) is 8.96. The van der Waals surface area contributed by atoms with Crippen LogP contribution in [0.3, 0.4) is 0 Å².